The molecule has 0 unspecified atom stereocenters. The molecule has 0 radical (unpaired) electrons. The Kier molecular flexibility index (Phi) is 8.69. The summed E-state index contributed by atoms with van der Waals surface area (Å²) in [6.45, 7) is 7.76. The minimum absolute atomic E-state index is 0.0482. The lowest BCUT2D eigenvalue weighted by Gasteiger charge is -2.34. The number of nitriles is 1. The Morgan fingerprint density at radius 3 is 2.84 bits per heavy atom. The van der Waals surface area contributed by atoms with E-state index >= 15 is 0 Å². The number of nitrogens with one attached hydrogen (secondary N) is 2. The van der Waals surface area contributed by atoms with E-state index in [0.717, 1.165) is 45.3 Å². The highest BCUT2D eigenvalue weighted by Gasteiger charge is 2.26. The van der Waals surface area contributed by atoms with Crippen molar-refractivity contribution in [3.05, 3.63) is 58.4 Å². The third kappa shape index (κ3) is 6.42. The summed E-state index contributed by atoms with van der Waals surface area (Å²) >= 11 is 1.30. The lowest BCUT2D eigenvalue weighted by molar-refractivity contribution is 0.203. The Morgan fingerprint density at radius 2 is 2.11 bits per heavy atom. The number of benzene rings is 2. The molecule has 1 aliphatic heterocycles. The molecule has 3 aromatic rings. The van der Waals surface area contributed by atoms with Gasteiger partial charge in [-0.05, 0) is 81.6 Å². The third-order valence-corrected chi connectivity index (χ3v) is 7.86. The molecule has 1 aromatic heterocycles. The maximum absolute atomic E-state index is 14.7. The third-order valence-electron chi connectivity index (χ3n) is 6.98. The Labute approximate surface area is 221 Å². The molecule has 0 aliphatic carbocycles. The van der Waals surface area contributed by atoms with Gasteiger partial charge in [-0.25, -0.2) is 13.7 Å². The van der Waals surface area contributed by atoms with Crippen LogP contribution in [-0.4, -0.2) is 40.5 Å². The van der Waals surface area contributed by atoms with Crippen molar-refractivity contribution in [2.75, 3.05) is 31.4 Å². The zero-order chi connectivity index (χ0) is 26.4. The number of ether oxygens (including phenoxy) is 1. The maximum atomic E-state index is 14.7. The van der Waals surface area contributed by atoms with Gasteiger partial charge in [-0.1, -0.05) is 13.8 Å². The lowest BCUT2D eigenvalue weighted by Crippen LogP contribution is -2.35. The van der Waals surface area contributed by atoms with E-state index in [2.05, 4.69) is 21.9 Å². The van der Waals surface area contributed by atoms with Gasteiger partial charge in [0.1, 0.15) is 17.4 Å². The van der Waals surface area contributed by atoms with E-state index in [1.165, 1.54) is 24.3 Å². The first kappa shape index (κ1) is 26.9. The highest BCUT2D eigenvalue weighted by Crippen LogP contribution is 2.35. The van der Waals surface area contributed by atoms with Gasteiger partial charge in [-0.15, -0.1) is 0 Å². The molecule has 0 saturated carbocycles. The number of aryl methyl sites for hydroxylation is 1. The summed E-state index contributed by atoms with van der Waals surface area (Å²) < 4.78 is 27.2. The average molecular weight is 525 g/mol. The Bertz CT molecular complexity index is 1350. The summed E-state index contributed by atoms with van der Waals surface area (Å²) in [4.78, 5) is 17.7. The largest absolute Gasteiger partial charge is 0.453 e. The van der Waals surface area contributed by atoms with Crippen molar-refractivity contribution in [2.24, 2.45) is 5.41 Å². The maximum Gasteiger partial charge on any atom is 0.261 e. The van der Waals surface area contributed by atoms with E-state index in [0.29, 0.717) is 28.6 Å². The number of halogens is 1. The van der Waals surface area contributed by atoms with Crippen LogP contribution in [0.15, 0.2) is 41.5 Å². The average Bonchev–Trinajstić information content (AvgIpc) is 2.90. The fourth-order valence-electron chi connectivity index (χ4n) is 4.48. The van der Waals surface area contributed by atoms with E-state index in [9.17, 15) is 14.4 Å². The second-order valence-corrected chi connectivity index (χ2v) is 10.7. The van der Waals surface area contributed by atoms with Crippen LogP contribution in [0.3, 0.4) is 0 Å². The first-order chi connectivity index (χ1) is 17.8. The monoisotopic (exact) mass is 524 g/mol. The Balaban J connectivity index is 1.55. The summed E-state index contributed by atoms with van der Waals surface area (Å²) in [5.74, 6) is -0.589. The molecule has 8 nitrogen and oxygen atoms in total. The van der Waals surface area contributed by atoms with E-state index < -0.39 is 5.82 Å². The molecule has 196 valence electrons. The standard InChI is InChI=1S/C27H33FN6O2S/c1-4-33(3)37-32-24-9-7-22(28)25(21(24)17-29)36-19-6-8-23-20(16-19)26(35)34(18-31-23)15-5-10-27(2)11-13-30-14-12-27/h6-9,16,18,30,32H,4-5,10-15H2,1-3H3. The molecule has 2 N–H and O–H groups in total. The topological polar surface area (TPSA) is 95.2 Å². The van der Waals surface area contributed by atoms with Crippen molar-refractivity contribution < 1.29 is 9.13 Å². The van der Waals surface area contributed by atoms with Crippen LogP contribution in [0, 0.1) is 22.6 Å². The molecule has 37 heavy (non-hydrogen) atoms. The number of piperidine rings is 1. The summed E-state index contributed by atoms with van der Waals surface area (Å²) in [5.41, 5.74) is 1.16. The van der Waals surface area contributed by atoms with Gasteiger partial charge in [0.15, 0.2) is 11.6 Å². The molecule has 1 saturated heterocycles. The molecule has 2 aromatic carbocycles. The molecule has 1 fully saturated rings. The van der Waals surface area contributed by atoms with Crippen molar-refractivity contribution in [2.45, 2.75) is 46.1 Å². The van der Waals surface area contributed by atoms with Gasteiger partial charge < -0.3 is 14.8 Å². The normalized spacial score (nSPS) is 15.0. The number of aromatic nitrogens is 2. The van der Waals surface area contributed by atoms with Crippen molar-refractivity contribution in [3.8, 4) is 17.6 Å². The zero-order valence-corrected chi connectivity index (χ0v) is 22.3. The summed E-state index contributed by atoms with van der Waals surface area (Å²) in [7, 11) is 1.90. The number of hydrogen-bond donors (Lipinski definition) is 2. The van der Waals surface area contributed by atoms with Gasteiger partial charge in [-0.2, -0.15) is 5.26 Å². The number of nitrogens with zero attached hydrogens (tertiary/aromatic N) is 4. The molecule has 4 rings (SSSR count). The molecular formula is C27H33FN6O2S. The van der Waals surface area contributed by atoms with E-state index in [-0.39, 0.29) is 22.6 Å². The molecule has 0 amide bonds. The van der Waals surface area contributed by atoms with Crippen LogP contribution in [0.4, 0.5) is 10.1 Å². The van der Waals surface area contributed by atoms with Crippen LogP contribution in [-0.2, 0) is 6.54 Å². The van der Waals surface area contributed by atoms with Crippen LogP contribution >= 0.6 is 12.1 Å². The van der Waals surface area contributed by atoms with Crippen molar-refractivity contribution in [3.63, 3.8) is 0 Å². The van der Waals surface area contributed by atoms with Gasteiger partial charge in [-0.3, -0.25) is 9.36 Å². The zero-order valence-electron chi connectivity index (χ0n) is 21.5. The lowest BCUT2D eigenvalue weighted by atomic mass is 9.77. The van der Waals surface area contributed by atoms with Crippen molar-refractivity contribution in [1.82, 2.24) is 19.2 Å². The second kappa shape index (κ2) is 11.9. The molecule has 0 bridgehead atoms. The highest BCUT2D eigenvalue weighted by atomic mass is 32.2. The predicted molar refractivity (Wildman–Crippen MR) is 146 cm³/mol. The minimum atomic E-state index is -0.661. The number of anilines is 1. The van der Waals surface area contributed by atoms with Crippen molar-refractivity contribution in [1.29, 1.82) is 5.26 Å². The number of hydrogen-bond acceptors (Lipinski definition) is 8. The Morgan fingerprint density at radius 1 is 1.32 bits per heavy atom. The first-order valence-corrected chi connectivity index (χ1v) is 13.4. The number of fused-ring (bicyclic) bond motifs is 1. The van der Waals surface area contributed by atoms with Crippen LogP contribution in [0.1, 0.15) is 45.1 Å². The highest BCUT2D eigenvalue weighted by molar-refractivity contribution is 7.98. The van der Waals surface area contributed by atoms with Crippen LogP contribution in [0.5, 0.6) is 11.5 Å². The van der Waals surface area contributed by atoms with E-state index in [4.69, 9.17) is 4.74 Å². The molecular weight excluding hydrogens is 491 g/mol. The van der Waals surface area contributed by atoms with Gasteiger partial charge in [0.25, 0.3) is 5.56 Å². The fraction of sp³-hybridized carbons (Fsp3) is 0.444. The smallest absolute Gasteiger partial charge is 0.261 e. The van der Waals surface area contributed by atoms with Crippen LogP contribution in [0.25, 0.3) is 10.9 Å². The van der Waals surface area contributed by atoms with Gasteiger partial charge in [0.2, 0.25) is 0 Å². The molecule has 2 heterocycles. The van der Waals surface area contributed by atoms with Gasteiger partial charge in [0.05, 0.1) is 22.9 Å². The van der Waals surface area contributed by atoms with Crippen LogP contribution < -0.4 is 20.3 Å². The molecule has 1 aliphatic rings. The SMILES string of the molecule is CCN(C)SNc1ccc(F)c(Oc2ccc3ncn(CCCC4(C)CCNCC4)c(=O)c3c2)c1C#N. The van der Waals surface area contributed by atoms with Crippen molar-refractivity contribution >= 4 is 28.7 Å². The first-order valence-electron chi connectivity index (χ1n) is 12.6. The Hall–Kier alpha value is -3.13. The van der Waals surface area contributed by atoms with Gasteiger partial charge >= 0.3 is 0 Å². The second-order valence-electron chi connectivity index (χ2n) is 9.74. The molecule has 10 heteroatoms. The summed E-state index contributed by atoms with van der Waals surface area (Å²) in [6, 6.07) is 9.65. The summed E-state index contributed by atoms with van der Waals surface area (Å²) in [5, 5.41) is 13.5. The van der Waals surface area contributed by atoms with Gasteiger partial charge in [0, 0.05) is 25.2 Å². The van der Waals surface area contributed by atoms with E-state index in [1.807, 2.05) is 24.3 Å². The fourth-order valence-corrected chi connectivity index (χ4v) is 5.03. The predicted octanol–water partition coefficient (Wildman–Crippen LogP) is 5.30. The molecule has 0 atom stereocenters. The van der Waals surface area contributed by atoms with E-state index in [1.54, 1.807) is 29.1 Å². The van der Waals surface area contributed by atoms with Crippen LogP contribution in [0.2, 0.25) is 0 Å². The molecule has 0 spiro atoms. The number of rotatable bonds is 10. The minimum Gasteiger partial charge on any atom is -0.453 e. The quantitative estimate of drug-likeness (QED) is 0.345. The summed E-state index contributed by atoms with van der Waals surface area (Å²) in [6.07, 6.45) is 5.81.